The number of anilines is 1. The Morgan fingerprint density at radius 3 is 2.25 bits per heavy atom. The number of ether oxygens (including phenoxy) is 3. The molecule has 0 unspecified atom stereocenters. The van der Waals surface area contributed by atoms with Crippen LogP contribution in [0.2, 0.25) is 0 Å². The van der Waals surface area contributed by atoms with Crippen molar-refractivity contribution >= 4 is 22.6 Å². The Bertz CT molecular complexity index is 727. The Labute approximate surface area is 142 Å². The molecule has 6 heteroatoms. The van der Waals surface area contributed by atoms with Gasteiger partial charge in [-0.3, -0.25) is 4.98 Å². The van der Waals surface area contributed by atoms with Gasteiger partial charge in [-0.25, -0.2) is 4.79 Å². The van der Waals surface area contributed by atoms with Crippen LogP contribution in [0.25, 0.3) is 10.9 Å². The number of rotatable bonds is 7. The van der Waals surface area contributed by atoms with Crippen molar-refractivity contribution in [3.8, 4) is 11.5 Å². The van der Waals surface area contributed by atoms with Crippen LogP contribution in [0.1, 0.15) is 31.1 Å². The molecule has 6 nitrogen and oxygen atoms in total. The predicted octanol–water partition coefficient (Wildman–Crippen LogP) is 3.27. The molecule has 2 rings (SSSR count). The average Bonchev–Trinajstić information content (AvgIpc) is 2.61. The zero-order chi connectivity index (χ0) is 17.7. The van der Waals surface area contributed by atoms with Gasteiger partial charge < -0.3 is 19.1 Å². The first kappa shape index (κ1) is 17.8. The zero-order valence-electron chi connectivity index (χ0n) is 14.9. The third-order valence-corrected chi connectivity index (χ3v) is 3.93. The third kappa shape index (κ3) is 3.09. The monoisotopic (exact) mass is 332 g/mol. The number of nitrogens with zero attached hydrogens (tertiary/aromatic N) is 2. The lowest BCUT2D eigenvalue weighted by Crippen LogP contribution is -2.25. The van der Waals surface area contributed by atoms with Crippen LogP contribution >= 0.6 is 0 Å². The standard InChI is InChI=1S/C18H24N2O4/c1-6-20(7-2)17-12(18(21)24-8-3)11-19-16-14(23-5)10-9-13(22-4)15(16)17/h9-11H,6-8H2,1-5H3. The van der Waals surface area contributed by atoms with Crippen molar-refractivity contribution in [1.29, 1.82) is 0 Å². The van der Waals surface area contributed by atoms with Gasteiger partial charge in [-0.1, -0.05) is 0 Å². The number of carbonyl (C=O) groups is 1. The molecule has 0 spiro atoms. The highest BCUT2D eigenvalue weighted by atomic mass is 16.5. The number of pyridine rings is 1. The van der Waals surface area contributed by atoms with Gasteiger partial charge in [-0.2, -0.15) is 0 Å². The van der Waals surface area contributed by atoms with E-state index in [1.54, 1.807) is 27.3 Å². The lowest BCUT2D eigenvalue weighted by atomic mass is 10.1. The Kier molecular flexibility index (Phi) is 5.84. The molecule has 1 aromatic carbocycles. The van der Waals surface area contributed by atoms with Crippen LogP contribution < -0.4 is 14.4 Å². The van der Waals surface area contributed by atoms with E-state index in [2.05, 4.69) is 9.88 Å². The molecule has 0 saturated carbocycles. The van der Waals surface area contributed by atoms with E-state index in [4.69, 9.17) is 14.2 Å². The van der Waals surface area contributed by atoms with Gasteiger partial charge in [-0.15, -0.1) is 0 Å². The van der Waals surface area contributed by atoms with Crippen molar-refractivity contribution in [3.05, 3.63) is 23.9 Å². The molecule has 0 N–H and O–H groups in total. The number of fused-ring (bicyclic) bond motifs is 1. The highest BCUT2D eigenvalue weighted by Crippen LogP contribution is 2.40. The van der Waals surface area contributed by atoms with Crippen LogP contribution in [0.15, 0.2) is 18.3 Å². The van der Waals surface area contributed by atoms with Gasteiger partial charge in [-0.05, 0) is 32.9 Å². The molecular formula is C18H24N2O4. The van der Waals surface area contributed by atoms with E-state index in [9.17, 15) is 4.79 Å². The van der Waals surface area contributed by atoms with Gasteiger partial charge in [0.05, 0.1) is 31.9 Å². The van der Waals surface area contributed by atoms with Crippen LogP contribution in [-0.2, 0) is 4.74 Å². The van der Waals surface area contributed by atoms with E-state index >= 15 is 0 Å². The van der Waals surface area contributed by atoms with E-state index in [0.29, 0.717) is 29.2 Å². The van der Waals surface area contributed by atoms with Crippen LogP contribution in [-0.4, -0.2) is 44.9 Å². The summed E-state index contributed by atoms with van der Waals surface area (Å²) in [5.74, 6) is 0.889. The largest absolute Gasteiger partial charge is 0.496 e. The van der Waals surface area contributed by atoms with E-state index in [1.165, 1.54) is 0 Å². The SMILES string of the molecule is CCOC(=O)c1cnc2c(OC)ccc(OC)c2c1N(CC)CC. The molecule has 2 aromatic rings. The Balaban J connectivity index is 2.89. The number of hydrogen-bond donors (Lipinski definition) is 0. The second-order valence-electron chi connectivity index (χ2n) is 5.11. The summed E-state index contributed by atoms with van der Waals surface area (Å²) in [5.41, 5.74) is 1.85. The van der Waals surface area contributed by atoms with Crippen molar-refractivity contribution < 1.29 is 19.0 Å². The van der Waals surface area contributed by atoms with E-state index in [-0.39, 0.29) is 0 Å². The molecule has 0 amide bonds. The van der Waals surface area contributed by atoms with Crippen LogP contribution in [0, 0.1) is 0 Å². The first-order valence-electron chi connectivity index (χ1n) is 8.08. The second-order valence-corrected chi connectivity index (χ2v) is 5.11. The van der Waals surface area contributed by atoms with Crippen molar-refractivity contribution in [1.82, 2.24) is 4.98 Å². The summed E-state index contributed by atoms with van der Waals surface area (Å²) in [7, 11) is 3.20. The first-order valence-corrected chi connectivity index (χ1v) is 8.08. The summed E-state index contributed by atoms with van der Waals surface area (Å²) in [6.07, 6.45) is 1.55. The zero-order valence-corrected chi connectivity index (χ0v) is 14.9. The highest BCUT2D eigenvalue weighted by molar-refractivity contribution is 6.09. The lowest BCUT2D eigenvalue weighted by Gasteiger charge is -2.26. The molecule has 24 heavy (non-hydrogen) atoms. The van der Waals surface area contributed by atoms with E-state index in [1.807, 2.05) is 26.0 Å². The molecule has 0 saturated heterocycles. The highest BCUT2D eigenvalue weighted by Gasteiger charge is 2.24. The van der Waals surface area contributed by atoms with Gasteiger partial charge in [0, 0.05) is 19.3 Å². The molecule has 1 aromatic heterocycles. The Hall–Kier alpha value is -2.50. The molecule has 1 heterocycles. The summed E-state index contributed by atoms with van der Waals surface area (Å²) in [6.45, 7) is 7.65. The minimum absolute atomic E-state index is 0.309. The summed E-state index contributed by atoms with van der Waals surface area (Å²) >= 11 is 0. The Morgan fingerprint density at radius 1 is 1.08 bits per heavy atom. The third-order valence-electron chi connectivity index (χ3n) is 3.93. The fourth-order valence-corrected chi connectivity index (χ4v) is 2.80. The van der Waals surface area contributed by atoms with Crippen LogP contribution in [0.5, 0.6) is 11.5 Å². The van der Waals surface area contributed by atoms with Gasteiger partial charge in [0.1, 0.15) is 22.6 Å². The molecule has 0 aliphatic rings. The van der Waals surface area contributed by atoms with Crippen LogP contribution in [0.4, 0.5) is 5.69 Å². The van der Waals surface area contributed by atoms with Crippen LogP contribution in [0.3, 0.4) is 0 Å². The molecule has 0 radical (unpaired) electrons. The Morgan fingerprint density at radius 2 is 1.71 bits per heavy atom. The van der Waals surface area contributed by atoms with E-state index in [0.717, 1.165) is 24.2 Å². The first-order chi connectivity index (χ1) is 11.6. The topological polar surface area (TPSA) is 60.9 Å². The predicted molar refractivity (Wildman–Crippen MR) is 94.4 cm³/mol. The molecular weight excluding hydrogens is 308 g/mol. The average molecular weight is 332 g/mol. The van der Waals surface area contributed by atoms with Gasteiger partial charge in [0.2, 0.25) is 0 Å². The quantitative estimate of drug-likeness (QED) is 0.725. The number of methoxy groups -OCH3 is 2. The van der Waals surface area contributed by atoms with Crippen molar-refractivity contribution in [2.24, 2.45) is 0 Å². The molecule has 0 aliphatic heterocycles. The van der Waals surface area contributed by atoms with Crippen molar-refractivity contribution in [2.45, 2.75) is 20.8 Å². The van der Waals surface area contributed by atoms with Gasteiger partial charge >= 0.3 is 5.97 Å². The van der Waals surface area contributed by atoms with Crippen molar-refractivity contribution in [3.63, 3.8) is 0 Å². The molecule has 0 aliphatic carbocycles. The molecule has 0 atom stereocenters. The second kappa shape index (κ2) is 7.86. The van der Waals surface area contributed by atoms with Crippen molar-refractivity contribution in [2.75, 3.05) is 38.8 Å². The maximum absolute atomic E-state index is 12.4. The van der Waals surface area contributed by atoms with Gasteiger partial charge in [0.25, 0.3) is 0 Å². The molecule has 0 bridgehead atoms. The minimum Gasteiger partial charge on any atom is -0.496 e. The lowest BCUT2D eigenvalue weighted by molar-refractivity contribution is 0.0527. The smallest absolute Gasteiger partial charge is 0.341 e. The maximum atomic E-state index is 12.4. The molecule has 0 fully saturated rings. The summed E-state index contributed by atoms with van der Waals surface area (Å²) in [4.78, 5) is 19.0. The number of esters is 1. The minimum atomic E-state index is -0.390. The van der Waals surface area contributed by atoms with E-state index < -0.39 is 5.97 Å². The number of benzene rings is 1. The summed E-state index contributed by atoms with van der Waals surface area (Å²) in [6, 6.07) is 3.63. The normalized spacial score (nSPS) is 10.5. The van der Waals surface area contributed by atoms with Gasteiger partial charge in [0.15, 0.2) is 0 Å². The fraction of sp³-hybridized carbons (Fsp3) is 0.444. The number of aromatic nitrogens is 1. The summed E-state index contributed by atoms with van der Waals surface area (Å²) in [5, 5.41) is 0.756. The molecule has 130 valence electrons. The summed E-state index contributed by atoms with van der Waals surface area (Å²) < 4.78 is 16.2. The fourth-order valence-electron chi connectivity index (χ4n) is 2.80. The maximum Gasteiger partial charge on any atom is 0.341 e. The number of hydrogen-bond acceptors (Lipinski definition) is 6. The number of carbonyl (C=O) groups excluding carboxylic acids is 1.